The SMILES string of the molecule is CCOC(C)OC1(C)CCC(O[Si](CC)(CC)CC)CC(=O)OC(/C(C)=C/C=C/C(C)(CC2OC2C(C)C(CC)O[Si](CC)(CC)CC)O[Si](CC)(CC)CC)C(C)/C=C\C1OC(=O)N1CCN(C2CCCCCC2)CC1. The second-order valence-corrected chi connectivity index (χ2v) is 38.4. The van der Waals surface area contributed by atoms with Crippen molar-refractivity contribution in [3.63, 3.8) is 0 Å². The summed E-state index contributed by atoms with van der Waals surface area (Å²) in [6, 6.07) is 9.99. The number of esters is 1. The molecule has 77 heavy (non-hydrogen) atoms. The van der Waals surface area contributed by atoms with Crippen LogP contribution in [0.3, 0.4) is 0 Å². The Hall–Kier alpha value is -1.67. The highest BCUT2D eigenvalue weighted by Crippen LogP contribution is 2.43. The number of hydrogen-bond acceptors (Lipinski definition) is 11. The molecule has 0 N–H and O–H groups in total. The van der Waals surface area contributed by atoms with E-state index in [1.807, 2.05) is 31.7 Å². The number of amides is 1. The van der Waals surface area contributed by atoms with Gasteiger partial charge >= 0.3 is 12.1 Å². The van der Waals surface area contributed by atoms with E-state index in [-0.39, 0.29) is 48.6 Å². The van der Waals surface area contributed by atoms with Crippen LogP contribution >= 0.6 is 0 Å². The summed E-state index contributed by atoms with van der Waals surface area (Å²) in [4.78, 5) is 33.4. The molecular weight excluding hydrogens is 1020 g/mol. The molecule has 0 aromatic carbocycles. The van der Waals surface area contributed by atoms with Gasteiger partial charge in [0.2, 0.25) is 0 Å². The smallest absolute Gasteiger partial charge is 0.410 e. The largest absolute Gasteiger partial charge is 0.457 e. The number of piperazine rings is 1. The van der Waals surface area contributed by atoms with Crippen LogP contribution in [-0.2, 0) is 41.8 Å². The summed E-state index contributed by atoms with van der Waals surface area (Å²) in [7, 11) is -6.05. The molecule has 3 fully saturated rings. The van der Waals surface area contributed by atoms with Crippen molar-refractivity contribution in [3.05, 3.63) is 36.0 Å². The van der Waals surface area contributed by atoms with Gasteiger partial charge in [0.25, 0.3) is 0 Å². The van der Waals surface area contributed by atoms with E-state index in [0.717, 1.165) is 85.9 Å². The summed E-state index contributed by atoms with van der Waals surface area (Å²) < 4.78 is 54.6. The van der Waals surface area contributed by atoms with Crippen molar-refractivity contribution in [3.8, 4) is 0 Å². The molecule has 4 aliphatic rings. The Morgan fingerprint density at radius 2 is 1.40 bits per heavy atom. The van der Waals surface area contributed by atoms with Crippen LogP contribution in [0.25, 0.3) is 0 Å². The van der Waals surface area contributed by atoms with Crippen LogP contribution in [0.2, 0.25) is 54.4 Å². The van der Waals surface area contributed by atoms with Gasteiger partial charge in [0, 0.05) is 63.2 Å². The van der Waals surface area contributed by atoms with Gasteiger partial charge in [-0.1, -0.05) is 133 Å². The Morgan fingerprint density at radius 1 is 0.818 bits per heavy atom. The lowest BCUT2D eigenvalue weighted by molar-refractivity contribution is -0.222. The lowest BCUT2D eigenvalue weighted by Gasteiger charge is -2.42. The summed E-state index contributed by atoms with van der Waals surface area (Å²) in [5.74, 6) is -0.284. The van der Waals surface area contributed by atoms with Crippen LogP contribution < -0.4 is 0 Å². The number of carbonyl (C=O) groups excluding carboxylic acids is 2. The molecule has 11 unspecified atom stereocenters. The third-order valence-electron chi connectivity index (χ3n) is 19.3. The molecule has 0 bridgehead atoms. The van der Waals surface area contributed by atoms with Gasteiger partial charge in [-0.15, -0.1) is 0 Å². The van der Waals surface area contributed by atoms with Crippen molar-refractivity contribution in [1.29, 1.82) is 0 Å². The number of ether oxygens (including phenoxy) is 5. The van der Waals surface area contributed by atoms with Crippen molar-refractivity contribution >= 4 is 37.0 Å². The molecule has 0 aromatic heterocycles. The van der Waals surface area contributed by atoms with E-state index in [1.165, 1.54) is 38.5 Å². The van der Waals surface area contributed by atoms with E-state index in [2.05, 4.69) is 126 Å². The van der Waals surface area contributed by atoms with Crippen molar-refractivity contribution in [2.75, 3.05) is 32.8 Å². The number of carbonyl (C=O) groups is 2. The van der Waals surface area contributed by atoms with Gasteiger partial charge in [0.05, 0.1) is 30.3 Å². The predicted octanol–water partition coefficient (Wildman–Crippen LogP) is 15.5. The minimum atomic E-state index is -2.18. The van der Waals surface area contributed by atoms with Crippen LogP contribution in [0.15, 0.2) is 36.0 Å². The fourth-order valence-corrected chi connectivity index (χ4v) is 22.1. The number of nitrogens with zero attached hydrogens (tertiary/aromatic N) is 2. The molecule has 3 aliphatic heterocycles. The predicted molar refractivity (Wildman–Crippen MR) is 324 cm³/mol. The fourth-order valence-electron chi connectivity index (χ4n) is 13.1. The fraction of sp³-hybridized carbons (Fsp3) is 0.871. The third-order valence-corrected chi connectivity index (χ3v) is 33.5. The highest BCUT2D eigenvalue weighted by molar-refractivity contribution is 6.74. The molecular formula is C62H116N2O10Si3. The maximum absolute atomic E-state index is 14.5. The summed E-state index contributed by atoms with van der Waals surface area (Å²) in [6.45, 7) is 40.7. The van der Waals surface area contributed by atoms with Crippen LogP contribution in [0.1, 0.15) is 188 Å². The quantitative estimate of drug-likeness (QED) is 0.0135. The summed E-state index contributed by atoms with van der Waals surface area (Å²) in [6.07, 6.45) is 18.7. The number of cyclic esters (lactones) is 1. The van der Waals surface area contributed by atoms with E-state index >= 15 is 0 Å². The highest BCUT2D eigenvalue weighted by Gasteiger charge is 2.51. The van der Waals surface area contributed by atoms with E-state index < -0.39 is 60.8 Å². The normalized spacial score (nSPS) is 28.7. The summed E-state index contributed by atoms with van der Waals surface area (Å²) >= 11 is 0. The molecule has 4 rings (SSSR count). The van der Waals surface area contributed by atoms with Gasteiger partial charge in [-0.05, 0) is 133 Å². The van der Waals surface area contributed by atoms with Gasteiger partial charge in [-0.3, -0.25) is 9.69 Å². The Balaban J connectivity index is 1.72. The van der Waals surface area contributed by atoms with Crippen LogP contribution in [0, 0.1) is 11.8 Å². The maximum Gasteiger partial charge on any atom is 0.410 e. The molecule has 3 heterocycles. The number of allylic oxidation sites excluding steroid dienone is 2. The molecule has 1 saturated carbocycles. The van der Waals surface area contributed by atoms with Gasteiger partial charge in [0.15, 0.2) is 37.3 Å². The van der Waals surface area contributed by atoms with Gasteiger partial charge in [-0.2, -0.15) is 0 Å². The lowest BCUT2D eigenvalue weighted by atomic mass is 9.88. The second kappa shape index (κ2) is 32.2. The first-order valence-electron chi connectivity index (χ1n) is 31.6. The van der Waals surface area contributed by atoms with Crippen molar-refractivity contribution in [2.24, 2.45) is 11.8 Å². The zero-order valence-corrected chi connectivity index (χ0v) is 55.3. The molecule has 0 spiro atoms. The molecule has 0 aromatic rings. The van der Waals surface area contributed by atoms with Crippen LogP contribution in [0.5, 0.6) is 0 Å². The molecule has 12 nitrogen and oxygen atoms in total. The molecule has 1 amide bonds. The first-order chi connectivity index (χ1) is 36.7. The first kappa shape index (κ1) is 67.8. The Morgan fingerprint density at radius 3 is 1.95 bits per heavy atom. The van der Waals surface area contributed by atoms with E-state index in [0.29, 0.717) is 38.6 Å². The molecule has 2 saturated heterocycles. The van der Waals surface area contributed by atoms with Crippen LogP contribution in [0.4, 0.5) is 4.79 Å². The number of hydrogen-bond donors (Lipinski definition) is 0. The van der Waals surface area contributed by atoms with Crippen LogP contribution in [-0.4, -0.2) is 140 Å². The molecule has 0 radical (unpaired) electrons. The zero-order chi connectivity index (χ0) is 57.0. The van der Waals surface area contributed by atoms with Crippen molar-refractivity contribution in [2.45, 2.75) is 303 Å². The Bertz CT molecular complexity index is 1800. The second-order valence-electron chi connectivity index (χ2n) is 24.2. The Labute approximate surface area is 474 Å². The highest BCUT2D eigenvalue weighted by atomic mass is 28.4. The number of epoxide rings is 1. The summed E-state index contributed by atoms with van der Waals surface area (Å²) in [5, 5.41) is 0. The van der Waals surface area contributed by atoms with E-state index in [1.54, 1.807) is 0 Å². The minimum absolute atomic E-state index is 0.0760. The Kier molecular flexibility index (Phi) is 28.4. The monoisotopic (exact) mass is 1130 g/mol. The van der Waals surface area contributed by atoms with E-state index in [9.17, 15) is 9.59 Å². The third kappa shape index (κ3) is 19.5. The van der Waals surface area contributed by atoms with Crippen molar-refractivity contribution < 1.29 is 46.6 Å². The maximum atomic E-state index is 14.5. The average Bonchev–Trinajstić information content (AvgIpc) is 4.25. The van der Waals surface area contributed by atoms with E-state index in [4.69, 9.17) is 37.0 Å². The van der Waals surface area contributed by atoms with Gasteiger partial charge < -0.3 is 41.9 Å². The standard InChI is InChI=1S/C62H116N2O10Si3/c1-18-54(73-76(23-6,24-7)25-8)50(14)59-55(68-59)47-61(16,74-77(26-9,27-10)28-11)40-33-34-48(12)58-49(13)37-38-56(69-60(66)64-44-42-63(43-45-64)52-35-31-29-30-32-36-52)62(17,71-51(15)67-19-2)41-39-53(46-57(65)70-58)72-75(20-3,21-4)22-5/h33-34,37-38,40,49-56,58-59H,18-32,35-36,39,41-47H2,1-17H3/b38-37-,40-33+,48-34+. The zero-order valence-electron chi connectivity index (χ0n) is 52.3. The topological polar surface area (TPSA) is 118 Å². The first-order valence-corrected chi connectivity index (χ1v) is 39.2. The lowest BCUT2D eigenvalue weighted by Crippen LogP contribution is -2.54. The van der Waals surface area contributed by atoms with Gasteiger partial charge in [0.1, 0.15) is 11.7 Å². The average molecular weight is 1130 g/mol. The molecule has 11 atom stereocenters. The summed E-state index contributed by atoms with van der Waals surface area (Å²) in [5.41, 5.74) is -0.676. The molecule has 1 aliphatic carbocycles. The molecule has 15 heteroatoms. The molecule has 446 valence electrons. The number of rotatable bonds is 29. The van der Waals surface area contributed by atoms with Gasteiger partial charge in [-0.25, -0.2) is 4.79 Å². The van der Waals surface area contributed by atoms with Crippen molar-refractivity contribution in [1.82, 2.24) is 9.80 Å². The minimum Gasteiger partial charge on any atom is -0.457 e.